The van der Waals surface area contributed by atoms with Gasteiger partial charge in [-0.15, -0.1) is 0 Å². The highest BCUT2D eigenvalue weighted by atomic mass is 79.9. The average Bonchev–Trinajstić information content (AvgIpc) is 2.83. The number of aromatic nitrogens is 2. The van der Waals surface area contributed by atoms with Crippen molar-refractivity contribution in [1.29, 1.82) is 0 Å². The number of hydrogen-bond donors (Lipinski definition) is 0. The number of carbonyl (C=O) groups excluding carboxylic acids is 1. The minimum absolute atomic E-state index is 0.0583. The molecule has 0 radical (unpaired) electrons. The molecule has 0 spiro atoms. The lowest BCUT2D eigenvalue weighted by Crippen LogP contribution is -2.16. The molecule has 116 valence electrons. The summed E-state index contributed by atoms with van der Waals surface area (Å²) in [6.07, 6.45) is -3.94. The van der Waals surface area contributed by atoms with E-state index in [0.29, 0.717) is 6.42 Å². The normalized spacial score (nSPS) is 15.0. The number of fused-ring (bicyclic) bond motifs is 1. The second kappa shape index (κ2) is 5.19. The molecule has 1 aromatic heterocycles. The Morgan fingerprint density at radius 2 is 1.95 bits per heavy atom. The third kappa shape index (κ3) is 2.45. The van der Waals surface area contributed by atoms with Crippen molar-refractivity contribution in [1.82, 2.24) is 9.78 Å². The molecule has 0 fully saturated rings. The summed E-state index contributed by atoms with van der Waals surface area (Å²) >= 11 is 2.98. The number of nitrogens with zero attached hydrogens (tertiary/aromatic N) is 2. The fraction of sp³-hybridized carbons (Fsp3) is 0.286. The number of halogens is 5. The van der Waals surface area contributed by atoms with Crippen molar-refractivity contribution in [3.8, 4) is 5.69 Å². The quantitative estimate of drug-likeness (QED) is 0.695. The number of rotatable bonds is 1. The lowest BCUT2D eigenvalue weighted by atomic mass is 9.94. The first kappa shape index (κ1) is 15.2. The highest BCUT2D eigenvalue weighted by molar-refractivity contribution is 9.10. The van der Waals surface area contributed by atoms with E-state index in [1.54, 1.807) is 0 Å². The van der Waals surface area contributed by atoms with Gasteiger partial charge in [0.15, 0.2) is 11.5 Å². The second-order valence-corrected chi connectivity index (χ2v) is 5.81. The van der Waals surface area contributed by atoms with Crippen LogP contribution in [0.25, 0.3) is 5.69 Å². The van der Waals surface area contributed by atoms with Gasteiger partial charge in [0.25, 0.3) is 0 Å². The molecule has 0 bridgehead atoms. The van der Waals surface area contributed by atoms with Gasteiger partial charge >= 0.3 is 6.18 Å². The Morgan fingerprint density at radius 1 is 1.23 bits per heavy atom. The van der Waals surface area contributed by atoms with E-state index >= 15 is 0 Å². The van der Waals surface area contributed by atoms with Crippen LogP contribution in [0.1, 0.15) is 34.6 Å². The maximum atomic E-state index is 13.3. The Balaban J connectivity index is 2.25. The van der Waals surface area contributed by atoms with Gasteiger partial charge < -0.3 is 0 Å². The molecule has 3 nitrogen and oxygen atoms in total. The number of benzene rings is 1. The first-order valence-electron chi connectivity index (χ1n) is 6.46. The van der Waals surface area contributed by atoms with E-state index in [1.807, 2.05) is 0 Å². The van der Waals surface area contributed by atoms with E-state index in [2.05, 4.69) is 21.0 Å². The van der Waals surface area contributed by atoms with Crippen LogP contribution in [0.3, 0.4) is 0 Å². The summed E-state index contributed by atoms with van der Waals surface area (Å²) in [7, 11) is 0. The molecule has 0 atom stereocenters. The molecule has 1 aromatic carbocycles. The largest absolute Gasteiger partial charge is 0.435 e. The van der Waals surface area contributed by atoms with Crippen molar-refractivity contribution < 1.29 is 22.4 Å². The van der Waals surface area contributed by atoms with Gasteiger partial charge in [0.2, 0.25) is 0 Å². The van der Waals surface area contributed by atoms with Gasteiger partial charge in [-0.05, 0) is 47.0 Å². The molecule has 0 saturated carbocycles. The minimum Gasteiger partial charge on any atom is -0.292 e. The van der Waals surface area contributed by atoms with E-state index in [9.17, 15) is 22.4 Å². The lowest BCUT2D eigenvalue weighted by Gasteiger charge is -2.13. The summed E-state index contributed by atoms with van der Waals surface area (Å²) < 4.78 is 53.7. The van der Waals surface area contributed by atoms with Gasteiger partial charge in [-0.2, -0.15) is 18.3 Å². The third-order valence-electron chi connectivity index (χ3n) is 3.49. The second-order valence-electron chi connectivity index (χ2n) is 4.96. The Hall–Kier alpha value is -1.70. The van der Waals surface area contributed by atoms with Crippen molar-refractivity contribution in [2.24, 2.45) is 0 Å². The maximum Gasteiger partial charge on any atom is 0.435 e. The Labute approximate surface area is 131 Å². The van der Waals surface area contributed by atoms with Crippen LogP contribution in [0.5, 0.6) is 0 Å². The summed E-state index contributed by atoms with van der Waals surface area (Å²) in [6.45, 7) is 0. The summed E-state index contributed by atoms with van der Waals surface area (Å²) in [5.41, 5.74) is -0.979. The molecular weight excluding hydrogens is 368 g/mol. The van der Waals surface area contributed by atoms with Crippen LogP contribution in [-0.4, -0.2) is 15.6 Å². The van der Waals surface area contributed by atoms with Gasteiger partial charge in [-0.25, -0.2) is 9.07 Å². The summed E-state index contributed by atoms with van der Waals surface area (Å²) in [5.74, 6) is -0.933. The molecule has 3 rings (SSSR count). The third-order valence-corrected chi connectivity index (χ3v) is 4.10. The summed E-state index contributed by atoms with van der Waals surface area (Å²) in [5, 5.41) is 3.58. The van der Waals surface area contributed by atoms with Crippen molar-refractivity contribution in [3.63, 3.8) is 0 Å². The number of alkyl halides is 3. The van der Waals surface area contributed by atoms with Gasteiger partial charge in [0.1, 0.15) is 11.5 Å². The molecule has 0 unspecified atom stereocenters. The number of ketones is 1. The molecule has 1 aliphatic carbocycles. The predicted molar refractivity (Wildman–Crippen MR) is 73.5 cm³/mol. The smallest absolute Gasteiger partial charge is 0.292 e. The number of Topliss-reactive ketones (excluding diaryl/α,β-unsaturated/α-hetero) is 1. The van der Waals surface area contributed by atoms with Crippen LogP contribution in [0.2, 0.25) is 0 Å². The predicted octanol–water partition coefficient (Wildman–Crippen LogP) is 4.31. The first-order valence-corrected chi connectivity index (χ1v) is 7.26. The highest BCUT2D eigenvalue weighted by Crippen LogP contribution is 2.37. The Kier molecular flexibility index (Phi) is 3.58. The lowest BCUT2D eigenvalue weighted by molar-refractivity contribution is -0.142. The molecule has 1 heterocycles. The number of carbonyl (C=O) groups is 1. The molecular formula is C14H9BrF4N2O. The van der Waals surface area contributed by atoms with Crippen LogP contribution in [0.4, 0.5) is 17.6 Å². The number of hydrogen-bond acceptors (Lipinski definition) is 2. The zero-order valence-electron chi connectivity index (χ0n) is 11.0. The van der Waals surface area contributed by atoms with Crippen molar-refractivity contribution in [3.05, 3.63) is 45.4 Å². The van der Waals surface area contributed by atoms with Crippen LogP contribution in [-0.2, 0) is 12.6 Å². The molecule has 2 aromatic rings. The van der Waals surface area contributed by atoms with Gasteiger partial charge in [0, 0.05) is 12.0 Å². The molecule has 0 amide bonds. The topological polar surface area (TPSA) is 34.9 Å². The van der Waals surface area contributed by atoms with Gasteiger partial charge in [-0.3, -0.25) is 4.79 Å². The molecule has 0 saturated heterocycles. The van der Waals surface area contributed by atoms with Crippen LogP contribution < -0.4 is 0 Å². The van der Waals surface area contributed by atoms with E-state index in [-0.39, 0.29) is 40.0 Å². The minimum atomic E-state index is -4.63. The summed E-state index contributed by atoms with van der Waals surface area (Å²) in [6, 6.07) is 3.69. The monoisotopic (exact) mass is 376 g/mol. The SMILES string of the molecule is O=C1CCCc2c(C(F)(F)F)nn(-c3ccc(F)c(Br)c3)c21. The van der Waals surface area contributed by atoms with E-state index in [1.165, 1.54) is 12.1 Å². The average molecular weight is 377 g/mol. The van der Waals surface area contributed by atoms with Crippen LogP contribution in [0, 0.1) is 5.82 Å². The van der Waals surface area contributed by atoms with Crippen LogP contribution in [0.15, 0.2) is 22.7 Å². The molecule has 22 heavy (non-hydrogen) atoms. The standard InChI is InChI=1S/C14H9BrF4N2O/c15-9-6-7(4-5-10(9)16)21-12-8(2-1-3-11(12)22)13(20-21)14(17,18)19/h4-6H,1-3H2. The van der Waals surface area contributed by atoms with E-state index < -0.39 is 17.7 Å². The van der Waals surface area contributed by atoms with Gasteiger partial charge in [0.05, 0.1) is 10.2 Å². The first-order chi connectivity index (χ1) is 10.3. The zero-order valence-corrected chi connectivity index (χ0v) is 12.6. The fourth-order valence-corrected chi connectivity index (χ4v) is 2.92. The van der Waals surface area contributed by atoms with Crippen LogP contribution >= 0.6 is 15.9 Å². The highest BCUT2D eigenvalue weighted by Gasteiger charge is 2.41. The van der Waals surface area contributed by atoms with Crippen molar-refractivity contribution in [2.45, 2.75) is 25.4 Å². The summed E-state index contributed by atoms with van der Waals surface area (Å²) in [4.78, 5) is 12.1. The molecule has 8 heteroatoms. The fourth-order valence-electron chi connectivity index (χ4n) is 2.55. The molecule has 0 N–H and O–H groups in total. The molecule has 0 aliphatic heterocycles. The van der Waals surface area contributed by atoms with Crippen molar-refractivity contribution >= 4 is 21.7 Å². The van der Waals surface area contributed by atoms with E-state index in [0.717, 1.165) is 10.7 Å². The molecule has 1 aliphatic rings. The Morgan fingerprint density at radius 3 is 2.59 bits per heavy atom. The maximum absolute atomic E-state index is 13.3. The Bertz CT molecular complexity index is 767. The van der Waals surface area contributed by atoms with E-state index in [4.69, 9.17) is 0 Å². The van der Waals surface area contributed by atoms with Gasteiger partial charge in [-0.1, -0.05) is 0 Å². The zero-order chi connectivity index (χ0) is 16.1. The van der Waals surface area contributed by atoms with Crippen molar-refractivity contribution in [2.75, 3.05) is 0 Å².